The molecule has 0 spiro atoms. The second kappa shape index (κ2) is 10.7. The number of likely N-dealkylation sites (N-methyl/N-ethyl adjacent to an activating group) is 1. The molecule has 4 nitrogen and oxygen atoms in total. The van der Waals surface area contributed by atoms with Crippen molar-refractivity contribution >= 4 is 0 Å². The van der Waals surface area contributed by atoms with E-state index >= 15 is 0 Å². The van der Waals surface area contributed by atoms with Crippen LogP contribution in [-0.4, -0.2) is 59.8 Å². The van der Waals surface area contributed by atoms with E-state index in [9.17, 15) is 5.11 Å². The Morgan fingerprint density at radius 1 is 0.917 bits per heavy atom. The van der Waals surface area contributed by atoms with Gasteiger partial charge in [0, 0.05) is 44.9 Å². The van der Waals surface area contributed by atoms with Crippen LogP contribution in [0.4, 0.5) is 0 Å². The van der Waals surface area contributed by atoms with Gasteiger partial charge in [0.25, 0.3) is 0 Å². The number of aromatic hydroxyl groups is 1. The minimum Gasteiger partial charge on any atom is -0.508 e. The highest BCUT2D eigenvalue weighted by atomic mass is 16.3. The second-order valence-electron chi connectivity index (χ2n) is 7.14. The van der Waals surface area contributed by atoms with Crippen molar-refractivity contribution in [3.05, 3.63) is 29.3 Å². The van der Waals surface area contributed by atoms with E-state index in [-0.39, 0.29) is 0 Å². The maximum Gasteiger partial charge on any atom is 0.120 e. The zero-order valence-corrected chi connectivity index (χ0v) is 15.2. The van der Waals surface area contributed by atoms with E-state index in [2.05, 4.69) is 29.0 Å². The van der Waals surface area contributed by atoms with Crippen LogP contribution in [0.3, 0.4) is 0 Å². The Morgan fingerprint density at radius 2 is 1.58 bits per heavy atom. The number of piperazine rings is 1. The van der Waals surface area contributed by atoms with Gasteiger partial charge >= 0.3 is 0 Å². The van der Waals surface area contributed by atoms with E-state index in [1.807, 2.05) is 6.07 Å². The first-order valence-electron chi connectivity index (χ1n) is 9.51. The van der Waals surface area contributed by atoms with Crippen LogP contribution in [0.1, 0.15) is 49.7 Å². The van der Waals surface area contributed by atoms with Gasteiger partial charge in [-0.1, -0.05) is 37.8 Å². The molecule has 1 fully saturated rings. The summed E-state index contributed by atoms with van der Waals surface area (Å²) in [6, 6.07) is 6.23. The molecule has 1 heterocycles. The number of hydrogen-bond donors (Lipinski definition) is 2. The van der Waals surface area contributed by atoms with Crippen LogP contribution in [0.25, 0.3) is 0 Å². The third-order valence-electron chi connectivity index (χ3n) is 5.01. The number of benzene rings is 1. The second-order valence-corrected chi connectivity index (χ2v) is 7.14. The molecular weight excluding hydrogens is 300 g/mol. The fraction of sp³-hybridized carbons (Fsp3) is 0.700. The highest BCUT2D eigenvalue weighted by Gasteiger charge is 2.15. The van der Waals surface area contributed by atoms with Crippen molar-refractivity contribution in [3.8, 4) is 5.75 Å². The van der Waals surface area contributed by atoms with E-state index in [4.69, 9.17) is 5.11 Å². The van der Waals surface area contributed by atoms with Crippen molar-refractivity contribution in [2.24, 2.45) is 0 Å². The summed E-state index contributed by atoms with van der Waals surface area (Å²) in [7, 11) is 2.16. The average Bonchev–Trinajstić information content (AvgIpc) is 2.58. The maximum absolute atomic E-state index is 10.3. The number of phenolic OH excluding ortho intramolecular Hbond substituents is 1. The number of nitrogens with zero attached hydrogens (tertiary/aromatic N) is 2. The van der Waals surface area contributed by atoms with Crippen molar-refractivity contribution in [2.75, 3.05) is 39.8 Å². The summed E-state index contributed by atoms with van der Waals surface area (Å²) in [6.45, 7) is 5.54. The molecule has 1 aliphatic rings. The van der Waals surface area contributed by atoms with Crippen LogP contribution in [0, 0.1) is 0 Å². The zero-order chi connectivity index (χ0) is 17.2. The zero-order valence-electron chi connectivity index (χ0n) is 15.2. The lowest BCUT2D eigenvalue weighted by Crippen LogP contribution is -2.43. The van der Waals surface area contributed by atoms with Crippen LogP contribution in [0.5, 0.6) is 5.75 Å². The molecule has 0 amide bonds. The fourth-order valence-electron chi connectivity index (χ4n) is 3.29. The molecule has 2 rings (SSSR count). The Morgan fingerprint density at radius 3 is 2.25 bits per heavy atom. The lowest BCUT2D eigenvalue weighted by Gasteiger charge is -2.32. The fourth-order valence-corrected chi connectivity index (χ4v) is 3.29. The van der Waals surface area contributed by atoms with Gasteiger partial charge in [-0.3, -0.25) is 4.90 Å². The molecule has 0 bridgehead atoms. The minimum atomic E-state index is 0.319. The Kier molecular flexibility index (Phi) is 8.57. The van der Waals surface area contributed by atoms with Gasteiger partial charge in [-0.25, -0.2) is 0 Å². The van der Waals surface area contributed by atoms with Gasteiger partial charge in [0.15, 0.2) is 0 Å². The summed E-state index contributed by atoms with van der Waals surface area (Å²) in [6.07, 6.45) is 7.98. The van der Waals surface area contributed by atoms with Crippen molar-refractivity contribution in [1.82, 2.24) is 9.80 Å². The molecule has 0 aromatic heterocycles. The molecule has 0 aliphatic carbocycles. The molecule has 0 atom stereocenters. The topological polar surface area (TPSA) is 46.9 Å². The molecule has 1 saturated heterocycles. The quantitative estimate of drug-likeness (QED) is 0.646. The monoisotopic (exact) mass is 334 g/mol. The van der Waals surface area contributed by atoms with E-state index in [1.165, 1.54) is 31.2 Å². The normalized spacial score (nSPS) is 16.6. The van der Waals surface area contributed by atoms with Crippen LogP contribution >= 0.6 is 0 Å². The predicted molar refractivity (Wildman–Crippen MR) is 99.4 cm³/mol. The molecule has 0 unspecified atom stereocenters. The van der Waals surface area contributed by atoms with E-state index in [0.717, 1.165) is 57.5 Å². The SMILES string of the molecule is CN1CCN(Cc2ccc(CCCCCCCCO)cc2O)CC1. The lowest BCUT2D eigenvalue weighted by atomic mass is 10.0. The standard InChI is InChI=1S/C20H34N2O2/c1-21-11-13-22(14-12-21)17-19-10-9-18(16-20(19)24)8-6-4-2-3-5-7-15-23/h9-10,16,23-24H,2-8,11-15,17H2,1H3. The van der Waals surface area contributed by atoms with Crippen LogP contribution in [0.2, 0.25) is 0 Å². The van der Waals surface area contributed by atoms with Crippen LogP contribution < -0.4 is 0 Å². The maximum atomic E-state index is 10.3. The molecule has 0 radical (unpaired) electrons. The lowest BCUT2D eigenvalue weighted by molar-refractivity contribution is 0.147. The summed E-state index contributed by atoms with van der Waals surface area (Å²) in [5, 5.41) is 19.1. The molecule has 2 N–H and O–H groups in total. The summed E-state index contributed by atoms with van der Waals surface area (Å²) >= 11 is 0. The molecule has 1 aromatic rings. The number of phenols is 1. The first-order chi connectivity index (χ1) is 11.7. The number of hydrogen-bond acceptors (Lipinski definition) is 4. The van der Waals surface area contributed by atoms with E-state index in [0.29, 0.717) is 12.4 Å². The van der Waals surface area contributed by atoms with Gasteiger partial charge in [-0.2, -0.15) is 0 Å². The summed E-state index contributed by atoms with van der Waals surface area (Å²) < 4.78 is 0. The third kappa shape index (κ3) is 6.80. The van der Waals surface area contributed by atoms with Crippen molar-refractivity contribution < 1.29 is 10.2 Å². The highest BCUT2D eigenvalue weighted by molar-refractivity contribution is 5.36. The molecule has 4 heteroatoms. The van der Waals surface area contributed by atoms with E-state index in [1.54, 1.807) is 0 Å². The number of rotatable bonds is 10. The smallest absolute Gasteiger partial charge is 0.120 e. The van der Waals surface area contributed by atoms with Crippen molar-refractivity contribution in [3.63, 3.8) is 0 Å². The summed E-state index contributed by atoms with van der Waals surface area (Å²) in [4.78, 5) is 4.77. The Labute approximate surface area is 147 Å². The minimum absolute atomic E-state index is 0.319. The molecule has 0 saturated carbocycles. The van der Waals surface area contributed by atoms with E-state index < -0.39 is 0 Å². The van der Waals surface area contributed by atoms with Crippen LogP contribution in [-0.2, 0) is 13.0 Å². The first kappa shape index (κ1) is 19.2. The number of aliphatic hydroxyl groups is 1. The van der Waals surface area contributed by atoms with Gasteiger partial charge in [0.1, 0.15) is 5.75 Å². The first-order valence-corrected chi connectivity index (χ1v) is 9.51. The predicted octanol–water partition coefficient (Wildman–Crippen LogP) is 3.02. The highest BCUT2D eigenvalue weighted by Crippen LogP contribution is 2.22. The number of aliphatic hydroxyl groups excluding tert-OH is 1. The Hall–Kier alpha value is -1.10. The van der Waals surface area contributed by atoms with Gasteiger partial charge < -0.3 is 15.1 Å². The van der Waals surface area contributed by atoms with Gasteiger partial charge in [0.2, 0.25) is 0 Å². The summed E-state index contributed by atoms with van der Waals surface area (Å²) in [5.41, 5.74) is 2.29. The molecule has 1 aliphatic heterocycles. The summed E-state index contributed by atoms with van der Waals surface area (Å²) in [5.74, 6) is 0.453. The van der Waals surface area contributed by atoms with Gasteiger partial charge in [-0.15, -0.1) is 0 Å². The van der Waals surface area contributed by atoms with Crippen molar-refractivity contribution in [1.29, 1.82) is 0 Å². The Balaban J connectivity index is 1.69. The molecular formula is C20H34N2O2. The number of aryl methyl sites for hydroxylation is 1. The number of unbranched alkanes of at least 4 members (excludes halogenated alkanes) is 5. The Bertz CT molecular complexity index is 471. The van der Waals surface area contributed by atoms with Gasteiger partial charge in [-0.05, 0) is 37.9 Å². The van der Waals surface area contributed by atoms with Crippen LogP contribution in [0.15, 0.2) is 18.2 Å². The average molecular weight is 335 g/mol. The molecule has 24 heavy (non-hydrogen) atoms. The molecule has 136 valence electrons. The third-order valence-corrected chi connectivity index (χ3v) is 5.01. The van der Waals surface area contributed by atoms with Crippen molar-refractivity contribution in [2.45, 2.75) is 51.5 Å². The van der Waals surface area contributed by atoms with Gasteiger partial charge in [0.05, 0.1) is 0 Å². The molecule has 1 aromatic carbocycles. The largest absolute Gasteiger partial charge is 0.508 e.